The molecule has 1 fully saturated rings. The van der Waals surface area contributed by atoms with Gasteiger partial charge >= 0.3 is 0 Å². The zero-order valence-electron chi connectivity index (χ0n) is 17.5. The van der Waals surface area contributed by atoms with E-state index >= 15 is 0 Å². The number of rotatable bonds is 3. The van der Waals surface area contributed by atoms with E-state index in [2.05, 4.69) is 11.2 Å². The summed E-state index contributed by atoms with van der Waals surface area (Å²) in [6.07, 6.45) is 1.55. The fraction of sp³-hybridized carbons (Fsp3) is 0.250. The first kappa shape index (κ1) is 20.5. The van der Waals surface area contributed by atoms with E-state index in [4.69, 9.17) is 4.98 Å². The number of aromatic nitrogens is 3. The standard InChI is InChI=1S/C24H21FN4O2S/c1-15-14-20(30)22(27-29(15)19-8-4-2-6-17(19)25)24(31)28-12-10-16(11-13-28)23-26-18-7-3-5-9-21(18)32-23/h2-9,14,16H,10-13H2,1H3. The lowest BCUT2D eigenvalue weighted by Crippen LogP contribution is -2.41. The summed E-state index contributed by atoms with van der Waals surface area (Å²) in [5.74, 6) is -0.595. The van der Waals surface area contributed by atoms with Crippen LogP contribution in [0.2, 0.25) is 0 Å². The highest BCUT2D eigenvalue weighted by atomic mass is 32.1. The van der Waals surface area contributed by atoms with Crippen molar-refractivity contribution in [2.24, 2.45) is 0 Å². The number of thiazole rings is 1. The number of carbonyl (C=O) groups is 1. The van der Waals surface area contributed by atoms with Crippen molar-refractivity contribution in [3.8, 4) is 5.69 Å². The quantitative estimate of drug-likeness (QED) is 0.468. The summed E-state index contributed by atoms with van der Waals surface area (Å²) in [7, 11) is 0. The zero-order valence-corrected chi connectivity index (χ0v) is 18.3. The molecule has 5 rings (SSSR count). The van der Waals surface area contributed by atoms with Gasteiger partial charge in [0, 0.05) is 30.8 Å². The van der Waals surface area contributed by atoms with Crippen LogP contribution in [-0.4, -0.2) is 38.7 Å². The molecule has 0 radical (unpaired) electrons. The molecule has 162 valence electrons. The Morgan fingerprint density at radius 2 is 1.81 bits per heavy atom. The van der Waals surface area contributed by atoms with Crippen LogP contribution in [0, 0.1) is 12.7 Å². The van der Waals surface area contributed by atoms with E-state index in [9.17, 15) is 14.0 Å². The van der Waals surface area contributed by atoms with E-state index in [0.29, 0.717) is 18.8 Å². The van der Waals surface area contributed by atoms with Crippen LogP contribution in [0.4, 0.5) is 4.39 Å². The van der Waals surface area contributed by atoms with Crippen molar-refractivity contribution in [2.75, 3.05) is 13.1 Å². The van der Waals surface area contributed by atoms with Crippen LogP contribution in [0.25, 0.3) is 15.9 Å². The maximum absolute atomic E-state index is 14.3. The lowest BCUT2D eigenvalue weighted by molar-refractivity contribution is 0.0703. The van der Waals surface area contributed by atoms with Gasteiger partial charge in [-0.25, -0.2) is 14.1 Å². The van der Waals surface area contributed by atoms with Gasteiger partial charge in [-0.1, -0.05) is 24.3 Å². The molecule has 6 nitrogen and oxygen atoms in total. The molecule has 1 saturated heterocycles. The fourth-order valence-electron chi connectivity index (χ4n) is 4.11. The summed E-state index contributed by atoms with van der Waals surface area (Å²) in [4.78, 5) is 32.1. The molecule has 2 aromatic carbocycles. The van der Waals surface area contributed by atoms with E-state index in [1.165, 1.54) is 21.5 Å². The molecular weight excluding hydrogens is 427 g/mol. The Balaban J connectivity index is 1.36. The molecule has 0 N–H and O–H groups in total. The first-order valence-electron chi connectivity index (χ1n) is 10.5. The van der Waals surface area contributed by atoms with Crippen LogP contribution in [0.3, 0.4) is 0 Å². The molecule has 3 heterocycles. The van der Waals surface area contributed by atoms with Gasteiger partial charge in [0.1, 0.15) is 11.5 Å². The number of fused-ring (bicyclic) bond motifs is 1. The Bertz CT molecular complexity index is 1340. The van der Waals surface area contributed by atoms with Gasteiger partial charge in [0.25, 0.3) is 5.91 Å². The molecule has 2 aromatic heterocycles. The van der Waals surface area contributed by atoms with Gasteiger partial charge in [-0.15, -0.1) is 11.3 Å². The average molecular weight is 449 g/mol. The van der Waals surface area contributed by atoms with Gasteiger partial charge in [-0.05, 0) is 44.0 Å². The molecule has 4 aromatic rings. The molecule has 32 heavy (non-hydrogen) atoms. The highest BCUT2D eigenvalue weighted by Crippen LogP contribution is 2.34. The monoisotopic (exact) mass is 448 g/mol. The lowest BCUT2D eigenvalue weighted by atomic mass is 9.97. The van der Waals surface area contributed by atoms with E-state index < -0.39 is 17.2 Å². The summed E-state index contributed by atoms with van der Waals surface area (Å²) in [6, 6.07) is 15.6. The van der Waals surface area contributed by atoms with Crippen LogP contribution in [0.5, 0.6) is 0 Å². The number of piperidine rings is 1. The van der Waals surface area contributed by atoms with Crippen molar-refractivity contribution in [3.05, 3.63) is 87.0 Å². The number of hydrogen-bond donors (Lipinski definition) is 0. The largest absolute Gasteiger partial charge is 0.337 e. The summed E-state index contributed by atoms with van der Waals surface area (Å²) in [5, 5.41) is 5.34. The molecule has 1 aliphatic rings. The number of amides is 1. The normalized spacial score (nSPS) is 14.8. The molecule has 0 aliphatic carbocycles. The van der Waals surface area contributed by atoms with Crippen molar-refractivity contribution in [1.29, 1.82) is 0 Å². The molecule has 0 spiro atoms. The van der Waals surface area contributed by atoms with Crippen molar-refractivity contribution in [3.63, 3.8) is 0 Å². The van der Waals surface area contributed by atoms with Crippen LogP contribution in [0.15, 0.2) is 59.4 Å². The van der Waals surface area contributed by atoms with Gasteiger partial charge in [0.2, 0.25) is 5.43 Å². The molecule has 0 unspecified atom stereocenters. The zero-order chi connectivity index (χ0) is 22.2. The van der Waals surface area contributed by atoms with E-state index in [1.807, 2.05) is 18.2 Å². The van der Waals surface area contributed by atoms with Crippen LogP contribution in [0.1, 0.15) is 39.9 Å². The second kappa shape index (κ2) is 8.27. The van der Waals surface area contributed by atoms with E-state index in [0.717, 1.165) is 23.4 Å². The SMILES string of the molecule is Cc1cc(=O)c(C(=O)N2CCC(c3nc4ccccc4s3)CC2)nn1-c1ccccc1F. The maximum Gasteiger partial charge on any atom is 0.278 e. The third-order valence-electron chi connectivity index (χ3n) is 5.83. The molecule has 1 aliphatic heterocycles. The number of nitrogens with zero attached hydrogens (tertiary/aromatic N) is 4. The van der Waals surface area contributed by atoms with Gasteiger partial charge in [-0.3, -0.25) is 9.59 Å². The van der Waals surface area contributed by atoms with Gasteiger partial charge in [0.05, 0.1) is 15.2 Å². The average Bonchev–Trinajstić information content (AvgIpc) is 3.24. The Morgan fingerprint density at radius 1 is 1.09 bits per heavy atom. The second-order valence-corrected chi connectivity index (χ2v) is 9.01. The smallest absolute Gasteiger partial charge is 0.278 e. The van der Waals surface area contributed by atoms with Crippen molar-refractivity contribution in [1.82, 2.24) is 19.7 Å². The molecule has 0 bridgehead atoms. The highest BCUT2D eigenvalue weighted by molar-refractivity contribution is 7.18. The minimum Gasteiger partial charge on any atom is -0.337 e. The molecule has 0 saturated carbocycles. The summed E-state index contributed by atoms with van der Waals surface area (Å²) >= 11 is 1.70. The maximum atomic E-state index is 14.3. The summed E-state index contributed by atoms with van der Waals surface area (Å²) in [6.45, 7) is 2.71. The topological polar surface area (TPSA) is 68.1 Å². The number of benzene rings is 2. The van der Waals surface area contributed by atoms with Gasteiger partial charge in [0.15, 0.2) is 5.69 Å². The van der Waals surface area contributed by atoms with Crippen LogP contribution in [-0.2, 0) is 0 Å². The number of hydrogen-bond acceptors (Lipinski definition) is 5. The third-order valence-corrected chi connectivity index (χ3v) is 7.03. The minimum absolute atomic E-state index is 0.183. The summed E-state index contributed by atoms with van der Waals surface area (Å²) in [5.41, 5.74) is 1.04. The third kappa shape index (κ3) is 3.71. The fourth-order valence-corrected chi connectivity index (χ4v) is 5.24. The van der Waals surface area contributed by atoms with Crippen molar-refractivity contribution >= 4 is 27.5 Å². The van der Waals surface area contributed by atoms with Gasteiger partial charge in [-0.2, -0.15) is 5.10 Å². The Morgan fingerprint density at radius 3 is 2.56 bits per heavy atom. The Kier molecular flexibility index (Phi) is 5.30. The van der Waals surface area contributed by atoms with Crippen LogP contribution < -0.4 is 5.43 Å². The van der Waals surface area contributed by atoms with Crippen molar-refractivity contribution < 1.29 is 9.18 Å². The number of para-hydroxylation sites is 2. The number of likely N-dealkylation sites (tertiary alicyclic amines) is 1. The van der Waals surface area contributed by atoms with E-state index in [1.54, 1.807) is 41.4 Å². The molecule has 8 heteroatoms. The highest BCUT2D eigenvalue weighted by Gasteiger charge is 2.29. The Labute approximate surface area is 188 Å². The lowest BCUT2D eigenvalue weighted by Gasteiger charge is -2.30. The predicted octanol–water partition coefficient (Wildman–Crippen LogP) is 4.31. The molecule has 1 amide bonds. The first-order chi connectivity index (χ1) is 15.5. The van der Waals surface area contributed by atoms with Gasteiger partial charge < -0.3 is 4.90 Å². The van der Waals surface area contributed by atoms with E-state index in [-0.39, 0.29) is 17.3 Å². The number of halogens is 1. The number of aryl methyl sites for hydroxylation is 1. The predicted molar refractivity (Wildman–Crippen MR) is 122 cm³/mol. The Hall–Kier alpha value is -3.39. The minimum atomic E-state index is -0.471. The second-order valence-electron chi connectivity index (χ2n) is 7.95. The molecular formula is C24H21FN4O2S. The summed E-state index contributed by atoms with van der Waals surface area (Å²) < 4.78 is 16.8. The van der Waals surface area contributed by atoms with Crippen LogP contribution >= 0.6 is 11.3 Å². The number of carbonyl (C=O) groups excluding carboxylic acids is 1. The molecule has 0 atom stereocenters. The first-order valence-corrected chi connectivity index (χ1v) is 11.3. The van der Waals surface area contributed by atoms with Crippen molar-refractivity contribution in [2.45, 2.75) is 25.7 Å².